The van der Waals surface area contributed by atoms with Gasteiger partial charge in [-0.25, -0.2) is 4.98 Å². The van der Waals surface area contributed by atoms with E-state index in [1.54, 1.807) is 31.3 Å². The number of aromatic nitrogens is 3. The van der Waals surface area contributed by atoms with Gasteiger partial charge in [0.15, 0.2) is 5.76 Å². The fourth-order valence-corrected chi connectivity index (χ4v) is 5.84. The number of hydrogen-bond donors (Lipinski definition) is 3. The molecule has 0 bridgehead atoms. The summed E-state index contributed by atoms with van der Waals surface area (Å²) in [5, 5.41) is 15.6. The Labute approximate surface area is 233 Å². The molecular formula is C30H35N7O3. The van der Waals surface area contributed by atoms with Gasteiger partial charge in [-0.05, 0) is 62.1 Å². The van der Waals surface area contributed by atoms with Crippen LogP contribution in [0, 0.1) is 6.92 Å². The van der Waals surface area contributed by atoms with E-state index in [1.165, 1.54) is 18.5 Å². The van der Waals surface area contributed by atoms with E-state index in [0.29, 0.717) is 41.2 Å². The number of oxazole rings is 1. The fourth-order valence-electron chi connectivity index (χ4n) is 5.84. The molecule has 40 heavy (non-hydrogen) atoms. The highest BCUT2D eigenvalue weighted by molar-refractivity contribution is 5.93. The second kappa shape index (κ2) is 11.5. The first-order valence-electron chi connectivity index (χ1n) is 14.1. The molecule has 1 aliphatic carbocycles. The molecule has 0 radical (unpaired) electrons. The minimum atomic E-state index is -0.465. The van der Waals surface area contributed by atoms with Gasteiger partial charge < -0.3 is 30.1 Å². The number of rotatable bonds is 8. The highest BCUT2D eigenvalue weighted by atomic mass is 16.4. The molecule has 10 heteroatoms. The average molecular weight is 542 g/mol. The summed E-state index contributed by atoms with van der Waals surface area (Å²) in [6, 6.07) is 16.9. The molecule has 208 valence electrons. The van der Waals surface area contributed by atoms with Crippen LogP contribution in [0.5, 0.6) is 0 Å². The van der Waals surface area contributed by atoms with Gasteiger partial charge >= 0.3 is 0 Å². The molecule has 10 nitrogen and oxygen atoms in total. The lowest BCUT2D eigenvalue weighted by Gasteiger charge is -2.40. The van der Waals surface area contributed by atoms with Crippen LogP contribution in [0.3, 0.4) is 0 Å². The number of nitrogens with two attached hydrogens (primary N) is 1. The molecule has 2 fully saturated rings. The average Bonchev–Trinajstić information content (AvgIpc) is 3.64. The molecule has 1 saturated carbocycles. The van der Waals surface area contributed by atoms with Gasteiger partial charge in [0.05, 0.1) is 6.20 Å². The number of aryl methyl sites for hydroxylation is 1. The van der Waals surface area contributed by atoms with E-state index in [1.807, 2.05) is 6.07 Å². The fraction of sp³-hybridized carbons (Fsp3) is 0.400. The lowest BCUT2D eigenvalue weighted by Crippen LogP contribution is -2.54. The summed E-state index contributed by atoms with van der Waals surface area (Å²) in [7, 11) is 0. The van der Waals surface area contributed by atoms with Crippen LogP contribution in [-0.4, -0.2) is 52.3 Å². The largest absolute Gasteiger partial charge is 0.424 e. The normalized spacial score (nSPS) is 21.3. The van der Waals surface area contributed by atoms with Crippen molar-refractivity contribution >= 4 is 17.6 Å². The Balaban J connectivity index is 1.08. The molecule has 6 rings (SSSR count). The number of primary amides is 1. The number of piperidine rings is 1. The second-order valence-corrected chi connectivity index (χ2v) is 10.7. The first kappa shape index (κ1) is 26.1. The standard InChI is InChI=1S/C30H35N7O3/c1-19-35-36-29(39-19)20-11-13-24(14-12-20)37-15-5-8-23(18-37)33-25-9-2-3-10-26(25)34-30-32-17-27(40-30)21-6-4-7-22(16-21)28(31)38/h4,6-7,11-14,16-17,23,25-26,33H,2-3,5,8-10,15,18H2,1H3,(H2,31,38)(H,32,34). The van der Waals surface area contributed by atoms with Gasteiger partial charge in [0.1, 0.15) is 0 Å². The van der Waals surface area contributed by atoms with Crippen LogP contribution in [0.4, 0.5) is 11.7 Å². The number of carbonyl (C=O) groups is 1. The number of nitrogens with one attached hydrogen (secondary N) is 2. The van der Waals surface area contributed by atoms with Crippen molar-refractivity contribution in [1.29, 1.82) is 0 Å². The lowest BCUT2D eigenvalue weighted by atomic mass is 9.89. The Morgan fingerprint density at radius 2 is 1.80 bits per heavy atom. The van der Waals surface area contributed by atoms with Crippen molar-refractivity contribution in [2.24, 2.45) is 5.73 Å². The van der Waals surface area contributed by atoms with E-state index in [0.717, 1.165) is 49.9 Å². The summed E-state index contributed by atoms with van der Waals surface area (Å²) < 4.78 is 11.6. The molecule has 4 aromatic rings. The van der Waals surface area contributed by atoms with Crippen molar-refractivity contribution in [3.8, 4) is 22.8 Å². The number of carbonyl (C=O) groups excluding carboxylic acids is 1. The monoisotopic (exact) mass is 541 g/mol. The highest BCUT2D eigenvalue weighted by Gasteiger charge is 2.30. The van der Waals surface area contributed by atoms with Crippen LogP contribution in [0.25, 0.3) is 22.8 Å². The minimum absolute atomic E-state index is 0.227. The second-order valence-electron chi connectivity index (χ2n) is 10.7. The summed E-state index contributed by atoms with van der Waals surface area (Å²) in [5.74, 6) is 1.26. The van der Waals surface area contributed by atoms with E-state index in [4.69, 9.17) is 14.6 Å². The Bertz CT molecular complexity index is 1450. The number of benzene rings is 2. The molecule has 1 amide bonds. The van der Waals surface area contributed by atoms with E-state index < -0.39 is 5.91 Å². The molecule has 3 atom stereocenters. The van der Waals surface area contributed by atoms with E-state index in [2.05, 4.69) is 55.0 Å². The zero-order chi connectivity index (χ0) is 27.5. The third-order valence-electron chi connectivity index (χ3n) is 7.89. The maximum Gasteiger partial charge on any atom is 0.295 e. The van der Waals surface area contributed by atoms with Crippen LogP contribution in [0.15, 0.2) is 63.6 Å². The molecule has 1 saturated heterocycles. The van der Waals surface area contributed by atoms with E-state index in [-0.39, 0.29) is 6.04 Å². The topological polar surface area (TPSA) is 135 Å². The number of amides is 1. The quantitative estimate of drug-likeness (QED) is 0.288. The molecule has 2 aromatic heterocycles. The Morgan fingerprint density at radius 1 is 0.975 bits per heavy atom. The third kappa shape index (κ3) is 5.86. The Hall–Kier alpha value is -4.18. The van der Waals surface area contributed by atoms with Crippen LogP contribution in [-0.2, 0) is 0 Å². The van der Waals surface area contributed by atoms with E-state index in [9.17, 15) is 4.79 Å². The highest BCUT2D eigenvalue weighted by Crippen LogP contribution is 2.29. The molecule has 2 aliphatic rings. The van der Waals surface area contributed by atoms with Crippen LogP contribution in [0.2, 0.25) is 0 Å². The Kier molecular flexibility index (Phi) is 7.50. The van der Waals surface area contributed by atoms with Crippen molar-refractivity contribution in [2.45, 2.75) is 63.6 Å². The molecule has 0 spiro atoms. The van der Waals surface area contributed by atoms with Crippen LogP contribution < -0.4 is 21.3 Å². The summed E-state index contributed by atoms with van der Waals surface area (Å²) in [6.45, 7) is 3.80. The summed E-state index contributed by atoms with van der Waals surface area (Å²) in [5.41, 5.74) is 8.79. The molecule has 2 aromatic carbocycles. The van der Waals surface area contributed by atoms with Crippen molar-refractivity contribution in [2.75, 3.05) is 23.3 Å². The van der Waals surface area contributed by atoms with Crippen molar-refractivity contribution in [3.05, 3.63) is 66.2 Å². The minimum Gasteiger partial charge on any atom is -0.424 e. The predicted molar refractivity (Wildman–Crippen MR) is 153 cm³/mol. The molecule has 4 N–H and O–H groups in total. The SMILES string of the molecule is Cc1nnc(-c2ccc(N3CCCC(NC4CCCCC4Nc4ncc(-c5cccc(C(N)=O)c5)o4)C3)cc2)o1. The van der Waals surface area contributed by atoms with Gasteiger partial charge in [0, 0.05) is 60.5 Å². The predicted octanol–water partition coefficient (Wildman–Crippen LogP) is 4.78. The van der Waals surface area contributed by atoms with Gasteiger partial charge in [-0.15, -0.1) is 10.2 Å². The number of hydrogen-bond acceptors (Lipinski definition) is 9. The zero-order valence-corrected chi connectivity index (χ0v) is 22.7. The summed E-state index contributed by atoms with van der Waals surface area (Å²) in [4.78, 5) is 18.5. The Morgan fingerprint density at radius 3 is 2.58 bits per heavy atom. The van der Waals surface area contributed by atoms with Crippen LogP contribution in [0.1, 0.15) is 54.8 Å². The molecular weight excluding hydrogens is 506 g/mol. The first-order valence-corrected chi connectivity index (χ1v) is 14.1. The van der Waals surface area contributed by atoms with Crippen LogP contribution >= 0.6 is 0 Å². The van der Waals surface area contributed by atoms with E-state index >= 15 is 0 Å². The van der Waals surface area contributed by atoms with Gasteiger partial charge in [0.25, 0.3) is 6.01 Å². The summed E-state index contributed by atoms with van der Waals surface area (Å²) in [6.07, 6.45) is 8.53. The molecule has 3 heterocycles. The zero-order valence-electron chi connectivity index (χ0n) is 22.7. The number of nitrogens with zero attached hydrogens (tertiary/aromatic N) is 4. The van der Waals surface area contributed by atoms with Crippen molar-refractivity contribution < 1.29 is 13.6 Å². The van der Waals surface area contributed by atoms with Gasteiger partial charge in [0.2, 0.25) is 17.7 Å². The maximum atomic E-state index is 11.6. The smallest absolute Gasteiger partial charge is 0.295 e. The molecule has 3 unspecified atom stereocenters. The molecule has 1 aliphatic heterocycles. The third-order valence-corrected chi connectivity index (χ3v) is 7.89. The van der Waals surface area contributed by atoms with Gasteiger partial charge in [-0.3, -0.25) is 4.79 Å². The van der Waals surface area contributed by atoms with Gasteiger partial charge in [-0.1, -0.05) is 25.0 Å². The first-order chi connectivity index (χ1) is 19.5. The maximum absolute atomic E-state index is 11.6. The number of anilines is 2. The van der Waals surface area contributed by atoms with Crippen molar-refractivity contribution in [3.63, 3.8) is 0 Å². The van der Waals surface area contributed by atoms with Crippen molar-refractivity contribution in [1.82, 2.24) is 20.5 Å². The lowest BCUT2D eigenvalue weighted by molar-refractivity contribution is 0.100. The van der Waals surface area contributed by atoms with Gasteiger partial charge in [-0.2, -0.15) is 0 Å². The summed E-state index contributed by atoms with van der Waals surface area (Å²) >= 11 is 0.